The Kier molecular flexibility index (Phi) is 5.14. The lowest BCUT2D eigenvalue weighted by atomic mass is 10.3. The number of anilines is 1. The van der Waals surface area contributed by atoms with E-state index in [-0.39, 0.29) is 12.5 Å². The van der Waals surface area contributed by atoms with Crippen LogP contribution < -0.4 is 11.0 Å². The van der Waals surface area contributed by atoms with Crippen molar-refractivity contribution in [2.24, 2.45) is 0 Å². The molecule has 4 rings (SSSR count). The molecular formula is C19H14ClN5O2S. The Morgan fingerprint density at radius 1 is 1.11 bits per heavy atom. The van der Waals surface area contributed by atoms with Crippen molar-refractivity contribution in [1.82, 2.24) is 19.2 Å². The summed E-state index contributed by atoms with van der Waals surface area (Å²) in [6, 6.07) is 16.4. The molecule has 0 radical (unpaired) electrons. The van der Waals surface area contributed by atoms with Gasteiger partial charge in [-0.05, 0) is 36.4 Å². The van der Waals surface area contributed by atoms with Gasteiger partial charge in [-0.15, -0.1) is 5.10 Å². The van der Waals surface area contributed by atoms with Crippen molar-refractivity contribution in [1.29, 1.82) is 0 Å². The van der Waals surface area contributed by atoms with E-state index >= 15 is 0 Å². The molecule has 1 amide bonds. The first-order valence-corrected chi connectivity index (χ1v) is 9.52. The van der Waals surface area contributed by atoms with Crippen molar-refractivity contribution in [3.8, 4) is 0 Å². The van der Waals surface area contributed by atoms with Gasteiger partial charge in [0.2, 0.25) is 5.91 Å². The van der Waals surface area contributed by atoms with Gasteiger partial charge in [0.05, 0.1) is 0 Å². The first-order chi connectivity index (χ1) is 13.6. The van der Waals surface area contributed by atoms with Crippen LogP contribution in [0.5, 0.6) is 0 Å². The molecule has 0 aliphatic heterocycles. The Labute approximate surface area is 169 Å². The molecule has 2 aromatic carbocycles. The van der Waals surface area contributed by atoms with Gasteiger partial charge in [-0.1, -0.05) is 41.6 Å². The van der Waals surface area contributed by atoms with E-state index in [0.717, 1.165) is 9.58 Å². The normalized spacial score (nSPS) is 10.9. The van der Waals surface area contributed by atoms with Gasteiger partial charge in [0.25, 0.3) is 0 Å². The largest absolute Gasteiger partial charge is 0.350 e. The Morgan fingerprint density at radius 3 is 2.61 bits per heavy atom. The van der Waals surface area contributed by atoms with E-state index in [4.69, 9.17) is 11.6 Å². The van der Waals surface area contributed by atoms with Gasteiger partial charge < -0.3 is 5.32 Å². The van der Waals surface area contributed by atoms with Crippen LogP contribution in [0.2, 0.25) is 5.02 Å². The molecule has 0 bridgehead atoms. The van der Waals surface area contributed by atoms with E-state index < -0.39 is 5.69 Å². The molecule has 0 aliphatic carbocycles. The van der Waals surface area contributed by atoms with Crippen LogP contribution in [0.4, 0.5) is 5.69 Å². The van der Waals surface area contributed by atoms with Gasteiger partial charge in [-0.3, -0.25) is 4.79 Å². The molecule has 0 saturated heterocycles. The molecular weight excluding hydrogens is 398 g/mol. The molecule has 0 fully saturated rings. The Bertz CT molecular complexity index is 1190. The molecule has 2 aromatic heterocycles. The molecule has 0 spiro atoms. The van der Waals surface area contributed by atoms with Crippen LogP contribution in [0, 0.1) is 0 Å². The molecule has 7 nitrogen and oxygen atoms in total. The zero-order valence-corrected chi connectivity index (χ0v) is 16.0. The van der Waals surface area contributed by atoms with E-state index in [0.29, 0.717) is 21.4 Å². The monoisotopic (exact) mass is 411 g/mol. The maximum Gasteiger partial charge on any atom is 0.350 e. The molecule has 9 heteroatoms. The third kappa shape index (κ3) is 3.92. The summed E-state index contributed by atoms with van der Waals surface area (Å²) in [4.78, 5) is 30.2. The predicted octanol–water partition coefficient (Wildman–Crippen LogP) is 3.33. The maximum absolute atomic E-state index is 12.6. The molecule has 28 heavy (non-hydrogen) atoms. The molecule has 4 aromatic rings. The third-order valence-corrected chi connectivity index (χ3v) is 5.09. The number of nitrogens with one attached hydrogen (secondary N) is 1. The number of amides is 1. The second kappa shape index (κ2) is 7.87. The number of fused-ring (bicyclic) bond motifs is 1. The molecule has 1 N–H and O–H groups in total. The summed E-state index contributed by atoms with van der Waals surface area (Å²) in [5, 5.41) is 8.18. The SMILES string of the molecule is O=C(Cn1nc2c(Sc3ccccc3)nccn2c1=O)Nc1ccc(Cl)cc1. The smallest absolute Gasteiger partial charge is 0.324 e. The van der Waals surface area contributed by atoms with Crippen molar-refractivity contribution in [3.05, 3.63) is 82.5 Å². The van der Waals surface area contributed by atoms with Crippen molar-refractivity contribution in [2.45, 2.75) is 16.5 Å². The highest BCUT2D eigenvalue weighted by Crippen LogP contribution is 2.27. The summed E-state index contributed by atoms with van der Waals surface area (Å²) >= 11 is 7.24. The first kappa shape index (κ1) is 18.3. The number of carbonyl (C=O) groups excluding carboxylic acids is 1. The van der Waals surface area contributed by atoms with Crippen LogP contribution >= 0.6 is 23.4 Å². The first-order valence-electron chi connectivity index (χ1n) is 8.33. The third-order valence-electron chi connectivity index (χ3n) is 3.85. The van der Waals surface area contributed by atoms with Crippen molar-refractivity contribution in [3.63, 3.8) is 0 Å². The summed E-state index contributed by atoms with van der Waals surface area (Å²) in [5.74, 6) is -0.363. The van der Waals surface area contributed by atoms with Gasteiger partial charge in [0, 0.05) is 28.0 Å². The van der Waals surface area contributed by atoms with Gasteiger partial charge >= 0.3 is 5.69 Å². The number of hydrogen-bond donors (Lipinski definition) is 1. The lowest BCUT2D eigenvalue weighted by Crippen LogP contribution is -2.28. The maximum atomic E-state index is 12.6. The topological polar surface area (TPSA) is 81.3 Å². The van der Waals surface area contributed by atoms with E-state index in [1.807, 2.05) is 30.3 Å². The highest BCUT2D eigenvalue weighted by Gasteiger charge is 2.15. The van der Waals surface area contributed by atoms with E-state index in [2.05, 4.69) is 15.4 Å². The Hall–Kier alpha value is -3.10. The second-order valence-electron chi connectivity index (χ2n) is 5.84. The number of aromatic nitrogens is 4. The molecule has 0 saturated carbocycles. The number of nitrogens with zero attached hydrogens (tertiary/aromatic N) is 4. The second-order valence-corrected chi connectivity index (χ2v) is 7.34. The van der Waals surface area contributed by atoms with Gasteiger partial charge in [0.15, 0.2) is 5.65 Å². The van der Waals surface area contributed by atoms with Gasteiger partial charge in [0.1, 0.15) is 11.6 Å². The fourth-order valence-electron chi connectivity index (χ4n) is 2.57. The number of rotatable bonds is 5. The fraction of sp³-hybridized carbons (Fsp3) is 0.0526. The molecule has 2 heterocycles. The fourth-order valence-corrected chi connectivity index (χ4v) is 3.56. The van der Waals surface area contributed by atoms with E-state index in [9.17, 15) is 9.59 Å². The standard InChI is InChI=1S/C19H14ClN5O2S/c20-13-6-8-14(9-7-13)22-16(26)12-25-19(27)24-11-10-21-18(17(24)23-25)28-15-4-2-1-3-5-15/h1-11H,12H2,(H,22,26). The van der Waals surface area contributed by atoms with Crippen molar-refractivity contribution >= 4 is 40.6 Å². The van der Waals surface area contributed by atoms with Crippen LogP contribution in [0.25, 0.3) is 5.65 Å². The van der Waals surface area contributed by atoms with Gasteiger partial charge in [-0.2, -0.15) is 0 Å². The summed E-state index contributed by atoms with van der Waals surface area (Å²) in [7, 11) is 0. The minimum atomic E-state index is -0.404. The number of benzene rings is 2. The van der Waals surface area contributed by atoms with E-state index in [1.54, 1.807) is 30.5 Å². The molecule has 140 valence electrons. The minimum absolute atomic E-state index is 0.210. The van der Waals surface area contributed by atoms with Crippen LogP contribution in [-0.2, 0) is 11.3 Å². The lowest BCUT2D eigenvalue weighted by molar-refractivity contribution is -0.117. The summed E-state index contributed by atoms with van der Waals surface area (Å²) in [5.41, 5.74) is 0.590. The molecule has 0 aliphatic rings. The number of carbonyl (C=O) groups is 1. The summed E-state index contributed by atoms with van der Waals surface area (Å²) < 4.78 is 2.51. The summed E-state index contributed by atoms with van der Waals surface area (Å²) in [6.07, 6.45) is 3.08. The molecule has 0 unspecified atom stereocenters. The van der Waals surface area contributed by atoms with Gasteiger partial charge in [-0.25, -0.2) is 18.9 Å². The average molecular weight is 412 g/mol. The predicted molar refractivity (Wildman–Crippen MR) is 108 cm³/mol. The Morgan fingerprint density at radius 2 is 1.86 bits per heavy atom. The van der Waals surface area contributed by atoms with Crippen LogP contribution in [0.1, 0.15) is 0 Å². The summed E-state index contributed by atoms with van der Waals surface area (Å²) in [6.45, 7) is -0.210. The minimum Gasteiger partial charge on any atom is -0.324 e. The quantitative estimate of drug-likeness (QED) is 0.544. The highest BCUT2D eigenvalue weighted by atomic mass is 35.5. The van der Waals surface area contributed by atoms with E-state index in [1.165, 1.54) is 22.4 Å². The zero-order chi connectivity index (χ0) is 19.5. The lowest BCUT2D eigenvalue weighted by Gasteiger charge is -2.04. The zero-order valence-electron chi connectivity index (χ0n) is 14.4. The van der Waals surface area contributed by atoms with Crippen molar-refractivity contribution < 1.29 is 4.79 Å². The Balaban J connectivity index is 1.58. The average Bonchev–Trinajstić information content (AvgIpc) is 3.01. The van der Waals surface area contributed by atoms with Crippen molar-refractivity contribution in [2.75, 3.05) is 5.32 Å². The van der Waals surface area contributed by atoms with Crippen LogP contribution in [0.3, 0.4) is 0 Å². The number of halogens is 1. The number of hydrogen-bond acceptors (Lipinski definition) is 5. The highest BCUT2D eigenvalue weighted by molar-refractivity contribution is 7.99. The van der Waals surface area contributed by atoms with Crippen LogP contribution in [-0.4, -0.2) is 25.1 Å². The van der Waals surface area contributed by atoms with Crippen LogP contribution in [0.15, 0.2) is 81.7 Å². The molecule has 0 atom stereocenters.